The van der Waals surface area contributed by atoms with E-state index in [4.69, 9.17) is 21.6 Å². The molecule has 0 aliphatic carbocycles. The van der Waals surface area contributed by atoms with Crippen LogP contribution in [0.4, 0.5) is 5.82 Å². The Bertz CT molecular complexity index is 1260. The Morgan fingerprint density at radius 1 is 1.00 bits per heavy atom. The molecule has 0 radical (unpaired) electrons. The molecular formula is C25H23ClN4O. The SMILES string of the molecule is Cc1ccc(O)c(-c2nc(NC3CNC[C@H]3c3cccc(Cl)c3)c3ccccc3n2)c1. The topological polar surface area (TPSA) is 70.1 Å². The molecule has 1 fully saturated rings. The van der Waals surface area contributed by atoms with Crippen molar-refractivity contribution in [2.24, 2.45) is 0 Å². The van der Waals surface area contributed by atoms with Crippen LogP contribution in [0.1, 0.15) is 17.0 Å². The van der Waals surface area contributed by atoms with Crippen LogP contribution in [-0.2, 0) is 0 Å². The number of aromatic nitrogens is 2. The van der Waals surface area contributed by atoms with Crippen molar-refractivity contribution in [3.05, 3.63) is 82.9 Å². The molecule has 0 spiro atoms. The Kier molecular flexibility index (Phi) is 5.22. The normalized spacial score (nSPS) is 18.4. The smallest absolute Gasteiger partial charge is 0.165 e. The minimum absolute atomic E-state index is 0.149. The molecule has 4 aromatic rings. The monoisotopic (exact) mass is 430 g/mol. The number of hydrogen-bond donors (Lipinski definition) is 3. The van der Waals surface area contributed by atoms with Gasteiger partial charge in [0.25, 0.3) is 0 Å². The van der Waals surface area contributed by atoms with Gasteiger partial charge in [-0.2, -0.15) is 0 Å². The van der Waals surface area contributed by atoms with Gasteiger partial charge in [0.15, 0.2) is 5.82 Å². The Balaban J connectivity index is 1.57. The molecule has 5 nitrogen and oxygen atoms in total. The maximum absolute atomic E-state index is 10.4. The summed E-state index contributed by atoms with van der Waals surface area (Å²) in [6.45, 7) is 3.68. The molecule has 3 aromatic carbocycles. The van der Waals surface area contributed by atoms with Crippen LogP contribution in [0.15, 0.2) is 66.7 Å². The fourth-order valence-electron chi connectivity index (χ4n) is 4.23. The Hall–Kier alpha value is -3.15. The number of aryl methyl sites for hydroxylation is 1. The number of anilines is 1. The van der Waals surface area contributed by atoms with Crippen molar-refractivity contribution >= 4 is 28.3 Å². The second-order valence-corrected chi connectivity index (χ2v) is 8.44. The molecule has 0 amide bonds. The van der Waals surface area contributed by atoms with Crippen LogP contribution in [0.5, 0.6) is 5.75 Å². The quantitative estimate of drug-likeness (QED) is 0.418. The minimum atomic E-state index is 0.149. The second kappa shape index (κ2) is 8.17. The van der Waals surface area contributed by atoms with Gasteiger partial charge < -0.3 is 15.7 Å². The van der Waals surface area contributed by atoms with Crippen LogP contribution >= 0.6 is 11.6 Å². The van der Waals surface area contributed by atoms with Crippen LogP contribution in [0.25, 0.3) is 22.3 Å². The van der Waals surface area contributed by atoms with E-state index in [-0.39, 0.29) is 17.7 Å². The van der Waals surface area contributed by atoms with Gasteiger partial charge in [0.05, 0.1) is 11.1 Å². The van der Waals surface area contributed by atoms with Crippen LogP contribution in [0, 0.1) is 6.92 Å². The molecule has 156 valence electrons. The highest BCUT2D eigenvalue weighted by molar-refractivity contribution is 6.30. The zero-order valence-electron chi connectivity index (χ0n) is 17.1. The number of nitrogens with zero attached hydrogens (tertiary/aromatic N) is 2. The van der Waals surface area contributed by atoms with Gasteiger partial charge in [0.2, 0.25) is 0 Å². The predicted molar refractivity (Wildman–Crippen MR) is 126 cm³/mol. The van der Waals surface area contributed by atoms with Gasteiger partial charge in [0, 0.05) is 35.5 Å². The second-order valence-electron chi connectivity index (χ2n) is 8.00. The van der Waals surface area contributed by atoms with Crippen molar-refractivity contribution in [3.8, 4) is 17.1 Å². The van der Waals surface area contributed by atoms with Gasteiger partial charge in [-0.1, -0.05) is 47.5 Å². The largest absolute Gasteiger partial charge is 0.507 e. The summed E-state index contributed by atoms with van der Waals surface area (Å²) < 4.78 is 0. The third-order valence-electron chi connectivity index (χ3n) is 5.81. The highest BCUT2D eigenvalue weighted by Crippen LogP contribution is 2.33. The van der Waals surface area contributed by atoms with E-state index in [1.807, 2.05) is 61.5 Å². The van der Waals surface area contributed by atoms with E-state index in [1.54, 1.807) is 6.07 Å². The van der Waals surface area contributed by atoms with Crippen molar-refractivity contribution in [3.63, 3.8) is 0 Å². The van der Waals surface area contributed by atoms with Crippen LogP contribution in [-0.4, -0.2) is 34.2 Å². The lowest BCUT2D eigenvalue weighted by Gasteiger charge is -2.22. The summed E-state index contributed by atoms with van der Waals surface area (Å²) in [5.74, 6) is 1.71. The molecule has 6 heteroatoms. The van der Waals surface area contributed by atoms with Gasteiger partial charge in [-0.15, -0.1) is 0 Å². The average molecular weight is 431 g/mol. The standard InChI is InChI=1S/C25H23ClN4O/c1-15-9-10-23(31)19(11-15)25-28-21-8-3-2-7-18(21)24(30-25)29-22-14-27-13-20(22)16-5-4-6-17(26)12-16/h2-12,20,22,27,31H,13-14H2,1H3,(H,28,29,30)/t20-,22?/m0/s1. The molecule has 1 aliphatic rings. The molecule has 2 atom stereocenters. The minimum Gasteiger partial charge on any atom is -0.507 e. The van der Waals surface area contributed by atoms with Crippen LogP contribution in [0.2, 0.25) is 5.02 Å². The summed E-state index contributed by atoms with van der Waals surface area (Å²) in [5.41, 5.74) is 3.70. The first-order valence-electron chi connectivity index (χ1n) is 10.4. The maximum atomic E-state index is 10.4. The lowest BCUT2D eigenvalue weighted by atomic mass is 9.94. The number of para-hydroxylation sites is 1. The Labute approximate surface area is 186 Å². The van der Waals surface area contributed by atoms with Crippen molar-refractivity contribution in [2.75, 3.05) is 18.4 Å². The van der Waals surface area contributed by atoms with Crippen molar-refractivity contribution in [1.82, 2.24) is 15.3 Å². The molecule has 1 aromatic heterocycles. The highest BCUT2D eigenvalue weighted by atomic mass is 35.5. The summed E-state index contributed by atoms with van der Waals surface area (Å²) in [6.07, 6.45) is 0. The number of fused-ring (bicyclic) bond motifs is 1. The fourth-order valence-corrected chi connectivity index (χ4v) is 4.43. The van der Waals surface area contributed by atoms with Crippen LogP contribution in [0.3, 0.4) is 0 Å². The predicted octanol–water partition coefficient (Wildman–Crippen LogP) is 5.13. The number of rotatable bonds is 4. The van der Waals surface area contributed by atoms with E-state index in [9.17, 15) is 5.11 Å². The number of hydrogen-bond acceptors (Lipinski definition) is 5. The first-order valence-corrected chi connectivity index (χ1v) is 10.8. The van der Waals surface area contributed by atoms with Crippen LogP contribution < -0.4 is 10.6 Å². The van der Waals surface area contributed by atoms with E-state index >= 15 is 0 Å². The number of benzene rings is 3. The van der Waals surface area contributed by atoms with Gasteiger partial charge >= 0.3 is 0 Å². The molecule has 3 N–H and O–H groups in total. The summed E-state index contributed by atoms with van der Waals surface area (Å²) in [5, 5.41) is 19.3. The number of phenolic OH excluding ortho intramolecular Hbond substituents is 1. The first kappa shape index (κ1) is 19.8. The van der Waals surface area contributed by atoms with E-state index in [0.717, 1.165) is 40.4 Å². The number of halogens is 1. The summed E-state index contributed by atoms with van der Waals surface area (Å²) in [4.78, 5) is 9.57. The van der Waals surface area contributed by atoms with E-state index in [2.05, 4.69) is 16.7 Å². The molecule has 1 saturated heterocycles. The summed E-state index contributed by atoms with van der Waals surface area (Å²) in [6, 6.07) is 21.6. The van der Waals surface area contributed by atoms with Gasteiger partial charge in [-0.25, -0.2) is 9.97 Å². The molecule has 31 heavy (non-hydrogen) atoms. The maximum Gasteiger partial charge on any atom is 0.165 e. The van der Waals surface area contributed by atoms with Gasteiger partial charge in [-0.3, -0.25) is 0 Å². The van der Waals surface area contributed by atoms with E-state index < -0.39 is 0 Å². The molecule has 0 saturated carbocycles. The molecule has 5 rings (SSSR count). The fraction of sp³-hybridized carbons (Fsp3) is 0.200. The van der Waals surface area contributed by atoms with Crippen molar-refractivity contribution in [1.29, 1.82) is 0 Å². The Morgan fingerprint density at radius 3 is 2.74 bits per heavy atom. The lowest BCUT2D eigenvalue weighted by Crippen LogP contribution is -2.27. The van der Waals surface area contributed by atoms with Gasteiger partial charge in [-0.05, 0) is 48.9 Å². The van der Waals surface area contributed by atoms with E-state index in [1.165, 1.54) is 5.56 Å². The molecule has 2 heterocycles. The number of aromatic hydroxyl groups is 1. The van der Waals surface area contributed by atoms with Gasteiger partial charge in [0.1, 0.15) is 11.6 Å². The zero-order valence-corrected chi connectivity index (χ0v) is 17.9. The van der Waals surface area contributed by atoms with E-state index in [0.29, 0.717) is 11.4 Å². The van der Waals surface area contributed by atoms with Crippen molar-refractivity contribution < 1.29 is 5.11 Å². The van der Waals surface area contributed by atoms with Crippen molar-refractivity contribution in [2.45, 2.75) is 18.9 Å². The Morgan fingerprint density at radius 2 is 1.87 bits per heavy atom. The number of phenols is 1. The average Bonchev–Trinajstić information content (AvgIpc) is 3.23. The molecule has 0 bridgehead atoms. The zero-order chi connectivity index (χ0) is 21.4. The molecule has 1 unspecified atom stereocenters. The third-order valence-corrected chi connectivity index (χ3v) is 6.04. The number of nitrogens with one attached hydrogen (secondary N) is 2. The lowest BCUT2D eigenvalue weighted by molar-refractivity contribution is 0.477. The molecule has 1 aliphatic heterocycles. The first-order chi connectivity index (χ1) is 15.1. The summed E-state index contributed by atoms with van der Waals surface area (Å²) in [7, 11) is 0. The third kappa shape index (κ3) is 3.94. The summed E-state index contributed by atoms with van der Waals surface area (Å²) >= 11 is 6.24. The highest BCUT2D eigenvalue weighted by Gasteiger charge is 2.29. The molecular weight excluding hydrogens is 408 g/mol.